The van der Waals surface area contributed by atoms with Gasteiger partial charge in [-0.25, -0.2) is 4.39 Å². The number of carbonyl (C=O) groups is 1. The van der Waals surface area contributed by atoms with Gasteiger partial charge in [0, 0.05) is 32.2 Å². The van der Waals surface area contributed by atoms with Gasteiger partial charge in [-0.15, -0.1) is 0 Å². The van der Waals surface area contributed by atoms with Gasteiger partial charge in [-0.3, -0.25) is 9.69 Å². The van der Waals surface area contributed by atoms with Gasteiger partial charge in [0.1, 0.15) is 17.6 Å². The highest BCUT2D eigenvalue weighted by Crippen LogP contribution is 2.22. The Morgan fingerprint density at radius 1 is 1.19 bits per heavy atom. The molecule has 3 rings (SSSR count). The molecular formula is C20H19ClFN3O2. The van der Waals surface area contributed by atoms with Crippen LogP contribution in [0.3, 0.4) is 0 Å². The van der Waals surface area contributed by atoms with Crippen LogP contribution in [-0.2, 0) is 4.79 Å². The third kappa shape index (κ3) is 4.76. The Morgan fingerprint density at radius 3 is 2.52 bits per heavy atom. The quantitative estimate of drug-likeness (QED) is 0.790. The van der Waals surface area contributed by atoms with Gasteiger partial charge < -0.3 is 9.64 Å². The van der Waals surface area contributed by atoms with Crippen molar-refractivity contribution < 1.29 is 13.9 Å². The zero-order valence-electron chi connectivity index (χ0n) is 14.6. The molecule has 1 saturated heterocycles. The van der Waals surface area contributed by atoms with Crippen molar-refractivity contribution >= 4 is 17.5 Å². The summed E-state index contributed by atoms with van der Waals surface area (Å²) in [7, 11) is 0. The molecule has 0 N–H and O–H groups in total. The number of benzene rings is 2. The van der Waals surface area contributed by atoms with Crippen molar-refractivity contribution in [2.75, 3.05) is 32.8 Å². The Balaban J connectivity index is 1.51. The second-order valence-electron chi connectivity index (χ2n) is 6.22. The molecule has 0 bridgehead atoms. The lowest BCUT2D eigenvalue weighted by atomic mass is 10.1. The van der Waals surface area contributed by atoms with Gasteiger partial charge in [0.05, 0.1) is 11.1 Å². The van der Waals surface area contributed by atoms with Crippen LogP contribution in [0.5, 0.6) is 5.75 Å². The largest absolute Gasteiger partial charge is 0.484 e. The lowest BCUT2D eigenvalue weighted by Gasteiger charge is -2.37. The Kier molecular flexibility index (Phi) is 6.28. The van der Waals surface area contributed by atoms with Crippen molar-refractivity contribution in [1.82, 2.24) is 9.80 Å². The summed E-state index contributed by atoms with van der Waals surface area (Å²) in [4.78, 5) is 16.1. The van der Waals surface area contributed by atoms with Crippen molar-refractivity contribution in [3.63, 3.8) is 0 Å². The van der Waals surface area contributed by atoms with E-state index in [0.717, 1.165) is 5.56 Å². The number of hydrogen-bond donors (Lipinski definition) is 0. The first-order chi connectivity index (χ1) is 13.1. The van der Waals surface area contributed by atoms with Crippen LogP contribution >= 0.6 is 11.6 Å². The molecule has 1 amide bonds. The molecule has 0 spiro atoms. The molecule has 1 atom stereocenters. The van der Waals surface area contributed by atoms with Crippen molar-refractivity contribution in [2.45, 2.75) is 6.04 Å². The number of piperazine rings is 1. The average molecular weight is 388 g/mol. The Hall–Kier alpha value is -2.62. The Bertz CT molecular complexity index is 833. The zero-order valence-corrected chi connectivity index (χ0v) is 15.4. The maximum Gasteiger partial charge on any atom is 0.260 e. The van der Waals surface area contributed by atoms with Crippen molar-refractivity contribution in [2.24, 2.45) is 0 Å². The molecule has 1 unspecified atom stereocenters. The van der Waals surface area contributed by atoms with Gasteiger partial charge in [0.15, 0.2) is 6.61 Å². The molecular weight excluding hydrogens is 369 g/mol. The number of ether oxygens (including phenoxy) is 1. The summed E-state index contributed by atoms with van der Waals surface area (Å²) < 4.78 is 18.6. The fourth-order valence-corrected chi connectivity index (χ4v) is 3.21. The van der Waals surface area contributed by atoms with Crippen LogP contribution < -0.4 is 4.74 Å². The maximum atomic E-state index is 13.2. The predicted octanol–water partition coefficient (Wildman–Crippen LogP) is 3.27. The van der Waals surface area contributed by atoms with Gasteiger partial charge >= 0.3 is 0 Å². The molecule has 1 heterocycles. The number of nitriles is 1. The van der Waals surface area contributed by atoms with E-state index in [0.29, 0.717) is 31.9 Å². The molecule has 0 saturated carbocycles. The molecule has 0 aromatic heterocycles. The molecule has 1 fully saturated rings. The summed E-state index contributed by atoms with van der Waals surface area (Å²) in [5.74, 6) is -0.331. The third-order valence-corrected chi connectivity index (χ3v) is 4.81. The zero-order chi connectivity index (χ0) is 19.2. The predicted molar refractivity (Wildman–Crippen MR) is 99.9 cm³/mol. The van der Waals surface area contributed by atoms with Gasteiger partial charge in [0.25, 0.3) is 5.91 Å². The second-order valence-corrected chi connectivity index (χ2v) is 6.63. The molecule has 2 aromatic rings. The molecule has 140 valence electrons. The minimum absolute atomic E-state index is 0.0444. The first-order valence-corrected chi connectivity index (χ1v) is 9.00. The van der Waals surface area contributed by atoms with Gasteiger partial charge in [-0.1, -0.05) is 41.9 Å². The molecule has 0 aliphatic carbocycles. The number of nitrogens with zero attached hydrogens (tertiary/aromatic N) is 3. The number of rotatable bonds is 5. The molecule has 1 aliphatic heterocycles. The van der Waals surface area contributed by atoms with E-state index in [1.54, 1.807) is 4.90 Å². The Labute approximate surface area is 162 Å². The van der Waals surface area contributed by atoms with E-state index in [4.69, 9.17) is 16.3 Å². The third-order valence-electron chi connectivity index (χ3n) is 4.52. The summed E-state index contributed by atoms with van der Waals surface area (Å²) in [5.41, 5.74) is 0.955. The molecule has 1 aliphatic rings. The van der Waals surface area contributed by atoms with Crippen LogP contribution in [-0.4, -0.2) is 48.5 Å². The van der Waals surface area contributed by atoms with E-state index < -0.39 is 5.82 Å². The minimum Gasteiger partial charge on any atom is -0.484 e. The smallest absolute Gasteiger partial charge is 0.260 e. The molecule has 5 nitrogen and oxygen atoms in total. The number of halogens is 2. The normalized spacial score (nSPS) is 15.8. The van der Waals surface area contributed by atoms with Crippen LogP contribution in [0.1, 0.15) is 11.6 Å². The average Bonchev–Trinajstić information content (AvgIpc) is 2.70. The van der Waals surface area contributed by atoms with Crippen molar-refractivity contribution in [3.05, 3.63) is 64.9 Å². The van der Waals surface area contributed by atoms with E-state index >= 15 is 0 Å². The number of hydrogen-bond acceptors (Lipinski definition) is 4. The minimum atomic E-state index is -0.531. The lowest BCUT2D eigenvalue weighted by molar-refractivity contribution is -0.135. The van der Waals surface area contributed by atoms with E-state index in [1.165, 1.54) is 18.2 Å². The summed E-state index contributed by atoms with van der Waals surface area (Å²) in [6, 6.07) is 15.6. The highest BCUT2D eigenvalue weighted by Gasteiger charge is 2.27. The summed E-state index contributed by atoms with van der Waals surface area (Å²) in [6.45, 7) is 2.14. The van der Waals surface area contributed by atoms with Crippen LogP contribution in [0.2, 0.25) is 5.02 Å². The standard InChI is InChI=1S/C20H19ClFN3O2/c21-17-12-16(6-7-18(17)22)27-14-20(26)25-10-8-24(9-11-25)19(13-23)15-4-2-1-3-5-15/h1-7,12,19H,8-11,14H2. The maximum absolute atomic E-state index is 13.2. The SMILES string of the molecule is N#CC(c1ccccc1)N1CCN(C(=O)COc2ccc(F)c(Cl)c2)CC1. The monoisotopic (exact) mass is 387 g/mol. The lowest BCUT2D eigenvalue weighted by Crippen LogP contribution is -2.50. The Morgan fingerprint density at radius 2 is 1.89 bits per heavy atom. The summed E-state index contributed by atoms with van der Waals surface area (Å²) in [6.07, 6.45) is 0. The van der Waals surface area contributed by atoms with Crippen LogP contribution in [0.25, 0.3) is 0 Å². The second kappa shape index (κ2) is 8.85. The molecule has 27 heavy (non-hydrogen) atoms. The first-order valence-electron chi connectivity index (χ1n) is 8.62. The number of carbonyl (C=O) groups excluding carboxylic acids is 1. The highest BCUT2D eigenvalue weighted by molar-refractivity contribution is 6.30. The van der Waals surface area contributed by atoms with Gasteiger partial charge in [-0.2, -0.15) is 5.26 Å². The highest BCUT2D eigenvalue weighted by atomic mass is 35.5. The van der Waals surface area contributed by atoms with Gasteiger partial charge in [0.2, 0.25) is 0 Å². The fraction of sp³-hybridized carbons (Fsp3) is 0.300. The number of amides is 1. The van der Waals surface area contributed by atoms with E-state index in [1.807, 2.05) is 30.3 Å². The van der Waals surface area contributed by atoms with Gasteiger partial charge in [-0.05, 0) is 17.7 Å². The van der Waals surface area contributed by atoms with Crippen LogP contribution in [0.4, 0.5) is 4.39 Å². The fourth-order valence-electron chi connectivity index (χ4n) is 3.03. The molecule has 7 heteroatoms. The van der Waals surface area contributed by atoms with E-state index in [-0.39, 0.29) is 23.6 Å². The van der Waals surface area contributed by atoms with E-state index in [9.17, 15) is 14.4 Å². The molecule has 2 aromatic carbocycles. The van der Waals surface area contributed by atoms with Crippen LogP contribution in [0.15, 0.2) is 48.5 Å². The molecule has 0 radical (unpaired) electrons. The summed E-state index contributed by atoms with van der Waals surface area (Å²) in [5, 5.41) is 9.48. The van der Waals surface area contributed by atoms with Crippen molar-refractivity contribution in [1.29, 1.82) is 5.26 Å². The van der Waals surface area contributed by atoms with Crippen molar-refractivity contribution in [3.8, 4) is 11.8 Å². The van der Waals surface area contributed by atoms with Crippen LogP contribution in [0, 0.1) is 17.1 Å². The topological polar surface area (TPSA) is 56.6 Å². The summed E-state index contributed by atoms with van der Waals surface area (Å²) >= 11 is 5.71. The van der Waals surface area contributed by atoms with E-state index in [2.05, 4.69) is 11.0 Å². The first kappa shape index (κ1) is 19.2.